The molecule has 2 unspecified atom stereocenters. The van der Waals surface area contributed by atoms with Gasteiger partial charge in [-0.25, -0.2) is 4.98 Å². The van der Waals surface area contributed by atoms with Crippen molar-refractivity contribution in [3.05, 3.63) is 42.6 Å². The first-order valence-electron chi connectivity index (χ1n) is 7.57. The topological polar surface area (TPSA) is 73.1 Å². The Morgan fingerprint density at radius 2 is 2.26 bits per heavy atom. The summed E-state index contributed by atoms with van der Waals surface area (Å²) in [5.41, 5.74) is 2.04. The molecular weight excluding hydrogens is 290 g/mol. The minimum absolute atomic E-state index is 0.0201. The summed E-state index contributed by atoms with van der Waals surface area (Å²) in [6.45, 7) is 4.93. The zero-order valence-corrected chi connectivity index (χ0v) is 12.5. The minimum atomic E-state index is -0.0201. The molecule has 2 aliphatic rings. The van der Waals surface area contributed by atoms with Crippen LogP contribution in [0.15, 0.2) is 37.1 Å². The van der Waals surface area contributed by atoms with Gasteiger partial charge in [-0.15, -0.1) is 0 Å². The quantitative estimate of drug-likeness (QED) is 0.786. The summed E-state index contributed by atoms with van der Waals surface area (Å²) in [6.07, 6.45) is 3.98. The van der Waals surface area contributed by atoms with Crippen molar-refractivity contribution in [2.45, 2.75) is 18.5 Å². The van der Waals surface area contributed by atoms with Crippen LogP contribution in [0.25, 0.3) is 11.0 Å². The number of fused-ring (bicyclic) bond motifs is 3. The maximum absolute atomic E-state index is 11.9. The van der Waals surface area contributed by atoms with Crippen LogP contribution in [0.3, 0.4) is 0 Å². The van der Waals surface area contributed by atoms with E-state index in [2.05, 4.69) is 27.5 Å². The van der Waals surface area contributed by atoms with E-state index in [-0.39, 0.29) is 18.0 Å². The molecule has 0 N–H and O–H groups in total. The van der Waals surface area contributed by atoms with E-state index in [9.17, 15) is 10.1 Å². The Bertz CT molecular complexity index is 856. The summed E-state index contributed by atoms with van der Waals surface area (Å²) < 4.78 is 0. The molecule has 0 saturated carbocycles. The first-order chi connectivity index (χ1) is 11.2. The lowest BCUT2D eigenvalue weighted by atomic mass is 10.2. The average Bonchev–Trinajstić information content (AvgIpc) is 3.20. The molecule has 0 spiro atoms. The van der Waals surface area contributed by atoms with Crippen LogP contribution in [-0.2, 0) is 4.79 Å². The Morgan fingerprint density at radius 3 is 2.96 bits per heavy atom. The molecule has 0 radical (unpaired) electrons. The maximum Gasteiger partial charge on any atom is 0.246 e. The first-order valence-corrected chi connectivity index (χ1v) is 7.57. The molecule has 2 aliphatic heterocycles. The Kier molecular flexibility index (Phi) is 3.01. The van der Waals surface area contributed by atoms with Gasteiger partial charge in [0, 0.05) is 19.3 Å². The Labute approximate surface area is 133 Å². The molecule has 2 aromatic heterocycles. The Balaban J connectivity index is 1.70. The number of piperazine rings is 1. The summed E-state index contributed by atoms with van der Waals surface area (Å²) in [4.78, 5) is 24.8. The highest BCUT2D eigenvalue weighted by Crippen LogP contribution is 2.35. The van der Waals surface area contributed by atoms with Crippen LogP contribution in [0.1, 0.15) is 12.0 Å². The van der Waals surface area contributed by atoms with E-state index in [4.69, 9.17) is 0 Å². The van der Waals surface area contributed by atoms with Gasteiger partial charge in [0.25, 0.3) is 0 Å². The predicted molar refractivity (Wildman–Crippen MR) is 85.7 cm³/mol. The number of pyridine rings is 2. The fraction of sp³-hybridized carbons (Fsp3) is 0.294. The van der Waals surface area contributed by atoms with Crippen molar-refractivity contribution >= 4 is 22.8 Å². The van der Waals surface area contributed by atoms with Crippen molar-refractivity contribution in [3.63, 3.8) is 0 Å². The van der Waals surface area contributed by atoms with Crippen molar-refractivity contribution in [2.75, 3.05) is 18.0 Å². The number of hydrogen-bond donors (Lipinski definition) is 0. The van der Waals surface area contributed by atoms with Crippen LogP contribution >= 0.6 is 0 Å². The fourth-order valence-electron chi connectivity index (χ4n) is 3.61. The monoisotopic (exact) mass is 305 g/mol. The summed E-state index contributed by atoms with van der Waals surface area (Å²) in [6, 6.07) is 8.13. The summed E-state index contributed by atoms with van der Waals surface area (Å²) in [5, 5.41) is 9.46. The van der Waals surface area contributed by atoms with Gasteiger partial charge in [-0.2, -0.15) is 5.26 Å². The lowest BCUT2D eigenvalue weighted by Crippen LogP contribution is -2.48. The second kappa shape index (κ2) is 5.06. The lowest BCUT2D eigenvalue weighted by molar-refractivity contribution is -0.127. The number of rotatable bonds is 2. The predicted octanol–water partition coefficient (Wildman–Crippen LogP) is 1.48. The van der Waals surface area contributed by atoms with Gasteiger partial charge >= 0.3 is 0 Å². The molecular formula is C17H15N5O. The van der Waals surface area contributed by atoms with Crippen molar-refractivity contribution in [1.82, 2.24) is 14.9 Å². The van der Waals surface area contributed by atoms with Gasteiger partial charge in [-0.3, -0.25) is 9.78 Å². The Hall–Kier alpha value is -2.94. The largest absolute Gasteiger partial charge is 0.349 e. The molecule has 4 rings (SSSR count). The molecule has 0 aromatic carbocycles. The van der Waals surface area contributed by atoms with E-state index < -0.39 is 0 Å². The van der Waals surface area contributed by atoms with Gasteiger partial charge in [0.05, 0.1) is 28.7 Å². The molecule has 2 fully saturated rings. The van der Waals surface area contributed by atoms with E-state index in [1.165, 1.54) is 6.08 Å². The van der Waals surface area contributed by atoms with Crippen molar-refractivity contribution < 1.29 is 4.79 Å². The number of carbonyl (C=O) groups excluding carboxylic acids is 1. The standard InChI is InChI=1S/C17H15N5O/c1-2-16(23)21-9-13-7-12(21)10-22(13)17-11(8-18)6-15-14(20-17)4-3-5-19-15/h2-6,12-13H,1,7,9-10H2. The normalized spacial score (nSPS) is 22.4. The summed E-state index contributed by atoms with van der Waals surface area (Å²) in [5.74, 6) is 0.680. The molecule has 0 aliphatic carbocycles. The number of likely N-dealkylation sites (tertiary alicyclic amines) is 1. The molecule has 2 bridgehead atoms. The van der Waals surface area contributed by atoms with Gasteiger partial charge in [-0.05, 0) is 30.7 Å². The van der Waals surface area contributed by atoms with Crippen molar-refractivity contribution in [1.29, 1.82) is 5.26 Å². The second-order valence-corrected chi connectivity index (χ2v) is 5.90. The van der Waals surface area contributed by atoms with Crippen LogP contribution < -0.4 is 4.90 Å². The van der Waals surface area contributed by atoms with Crippen molar-refractivity contribution in [2.24, 2.45) is 0 Å². The van der Waals surface area contributed by atoms with Gasteiger partial charge in [0.2, 0.25) is 5.91 Å². The van der Waals surface area contributed by atoms with E-state index in [1.54, 1.807) is 12.3 Å². The number of nitrogens with zero attached hydrogens (tertiary/aromatic N) is 5. The van der Waals surface area contributed by atoms with Gasteiger partial charge in [0.1, 0.15) is 11.9 Å². The highest BCUT2D eigenvalue weighted by Gasteiger charge is 2.45. The molecule has 6 heteroatoms. The van der Waals surface area contributed by atoms with E-state index >= 15 is 0 Å². The smallest absolute Gasteiger partial charge is 0.246 e. The molecule has 6 nitrogen and oxygen atoms in total. The zero-order chi connectivity index (χ0) is 16.0. The van der Waals surface area contributed by atoms with Crippen LogP contribution in [0, 0.1) is 11.3 Å². The van der Waals surface area contributed by atoms with Gasteiger partial charge in [0.15, 0.2) is 0 Å². The van der Waals surface area contributed by atoms with Crippen LogP contribution in [0.5, 0.6) is 0 Å². The minimum Gasteiger partial charge on any atom is -0.349 e. The third-order valence-electron chi connectivity index (χ3n) is 4.66. The highest BCUT2D eigenvalue weighted by atomic mass is 16.2. The number of aromatic nitrogens is 2. The van der Waals surface area contributed by atoms with Crippen LogP contribution in [0.2, 0.25) is 0 Å². The summed E-state index contributed by atoms with van der Waals surface area (Å²) >= 11 is 0. The number of amides is 1. The third-order valence-corrected chi connectivity index (χ3v) is 4.66. The number of nitriles is 1. The SMILES string of the molecule is C=CC(=O)N1CC2CC1CN2c1nc2cccnc2cc1C#N. The third kappa shape index (κ3) is 2.05. The van der Waals surface area contributed by atoms with E-state index in [0.29, 0.717) is 24.5 Å². The molecule has 23 heavy (non-hydrogen) atoms. The van der Waals surface area contributed by atoms with Gasteiger partial charge in [-0.1, -0.05) is 6.58 Å². The van der Waals surface area contributed by atoms with Crippen molar-refractivity contribution in [3.8, 4) is 6.07 Å². The lowest BCUT2D eigenvalue weighted by Gasteiger charge is -2.34. The first kappa shape index (κ1) is 13.7. The average molecular weight is 305 g/mol. The summed E-state index contributed by atoms with van der Waals surface area (Å²) in [7, 11) is 0. The molecule has 114 valence electrons. The van der Waals surface area contributed by atoms with E-state index in [1.807, 2.05) is 17.0 Å². The Morgan fingerprint density at radius 1 is 1.39 bits per heavy atom. The number of anilines is 1. The molecule has 2 saturated heterocycles. The maximum atomic E-state index is 11.9. The van der Waals surface area contributed by atoms with Crippen LogP contribution in [0.4, 0.5) is 5.82 Å². The molecule has 2 aromatic rings. The zero-order valence-electron chi connectivity index (χ0n) is 12.5. The molecule has 2 atom stereocenters. The molecule has 4 heterocycles. The number of hydrogen-bond acceptors (Lipinski definition) is 5. The number of carbonyl (C=O) groups is 1. The van der Waals surface area contributed by atoms with Crippen LogP contribution in [-0.4, -0.2) is 45.9 Å². The second-order valence-electron chi connectivity index (χ2n) is 5.90. The fourth-order valence-corrected chi connectivity index (χ4v) is 3.61. The van der Waals surface area contributed by atoms with E-state index in [0.717, 1.165) is 17.5 Å². The molecule has 1 amide bonds. The highest BCUT2D eigenvalue weighted by molar-refractivity contribution is 5.88. The van der Waals surface area contributed by atoms with Gasteiger partial charge < -0.3 is 9.80 Å².